The highest BCUT2D eigenvalue weighted by atomic mass is 32.2. The molecule has 20 heavy (non-hydrogen) atoms. The Hall–Kier alpha value is -1.45. The summed E-state index contributed by atoms with van der Waals surface area (Å²) in [5.41, 5.74) is 0.928. The molecule has 0 heterocycles. The van der Waals surface area contributed by atoms with Gasteiger partial charge in [-0.05, 0) is 36.2 Å². The third kappa shape index (κ3) is 4.58. The van der Waals surface area contributed by atoms with Crippen LogP contribution in [0, 0.1) is 0 Å². The zero-order chi connectivity index (χ0) is 14.2. The lowest BCUT2D eigenvalue weighted by Crippen LogP contribution is -2.01. The van der Waals surface area contributed by atoms with Crippen molar-refractivity contribution in [2.24, 2.45) is 0 Å². The van der Waals surface area contributed by atoms with Gasteiger partial charge in [0.05, 0.1) is 12.7 Å². The number of hydrogen-bond donors (Lipinski definition) is 1. The van der Waals surface area contributed by atoms with Crippen LogP contribution in [0.5, 0.6) is 5.75 Å². The van der Waals surface area contributed by atoms with Crippen molar-refractivity contribution in [2.45, 2.75) is 24.3 Å². The minimum Gasteiger partial charge on any atom is -0.494 e. The Bertz CT molecular complexity index is 496. The highest BCUT2D eigenvalue weighted by Crippen LogP contribution is 2.25. The molecule has 0 amide bonds. The van der Waals surface area contributed by atoms with Crippen molar-refractivity contribution in [3.63, 3.8) is 0 Å². The van der Waals surface area contributed by atoms with Crippen LogP contribution < -0.4 is 4.74 Å². The second-order valence-electron chi connectivity index (χ2n) is 4.56. The van der Waals surface area contributed by atoms with Crippen LogP contribution in [0.3, 0.4) is 0 Å². The van der Waals surface area contributed by atoms with E-state index in [4.69, 9.17) is 4.74 Å². The SMILES string of the molecule is CCCOc1ccc(C(O)CSc2ccccc2)cc1. The van der Waals surface area contributed by atoms with Crippen LogP contribution >= 0.6 is 11.8 Å². The fourth-order valence-electron chi connectivity index (χ4n) is 1.79. The molecule has 0 aromatic heterocycles. The lowest BCUT2D eigenvalue weighted by molar-refractivity contribution is 0.204. The van der Waals surface area contributed by atoms with Crippen molar-refractivity contribution in [1.82, 2.24) is 0 Å². The second kappa shape index (κ2) is 7.98. The third-order valence-corrected chi connectivity index (χ3v) is 3.98. The van der Waals surface area contributed by atoms with Gasteiger partial charge in [-0.25, -0.2) is 0 Å². The van der Waals surface area contributed by atoms with Crippen LogP contribution in [-0.4, -0.2) is 17.5 Å². The summed E-state index contributed by atoms with van der Waals surface area (Å²) in [4.78, 5) is 1.18. The summed E-state index contributed by atoms with van der Waals surface area (Å²) in [6, 6.07) is 17.8. The number of ether oxygens (including phenoxy) is 1. The van der Waals surface area contributed by atoms with E-state index in [2.05, 4.69) is 19.1 Å². The maximum Gasteiger partial charge on any atom is 0.119 e. The number of benzene rings is 2. The van der Waals surface area contributed by atoms with Gasteiger partial charge in [-0.2, -0.15) is 0 Å². The molecule has 1 atom stereocenters. The predicted molar refractivity (Wildman–Crippen MR) is 84.4 cm³/mol. The third-order valence-electron chi connectivity index (χ3n) is 2.89. The summed E-state index contributed by atoms with van der Waals surface area (Å²) in [6.45, 7) is 2.81. The molecule has 2 aromatic rings. The Labute approximate surface area is 124 Å². The number of aliphatic hydroxyl groups excluding tert-OH is 1. The fourth-order valence-corrected chi connectivity index (χ4v) is 2.69. The second-order valence-corrected chi connectivity index (χ2v) is 5.65. The molecule has 0 aliphatic carbocycles. The summed E-state index contributed by atoms with van der Waals surface area (Å²) in [6.07, 6.45) is 0.540. The van der Waals surface area contributed by atoms with Gasteiger partial charge in [0.2, 0.25) is 0 Å². The molecule has 0 saturated carbocycles. The van der Waals surface area contributed by atoms with Crippen LogP contribution in [0.1, 0.15) is 25.0 Å². The molecule has 1 unspecified atom stereocenters. The molecular weight excluding hydrogens is 268 g/mol. The molecule has 2 aromatic carbocycles. The molecule has 3 heteroatoms. The summed E-state index contributed by atoms with van der Waals surface area (Å²) in [5, 5.41) is 10.2. The van der Waals surface area contributed by atoms with Gasteiger partial charge in [0, 0.05) is 10.6 Å². The average molecular weight is 288 g/mol. The quantitative estimate of drug-likeness (QED) is 0.770. The molecule has 2 rings (SSSR count). The van der Waals surface area contributed by atoms with Gasteiger partial charge >= 0.3 is 0 Å². The minimum atomic E-state index is -0.458. The van der Waals surface area contributed by atoms with Crippen LogP contribution in [0.2, 0.25) is 0 Å². The van der Waals surface area contributed by atoms with Gasteiger partial charge in [0.15, 0.2) is 0 Å². The van der Waals surface area contributed by atoms with Gasteiger partial charge < -0.3 is 9.84 Å². The molecular formula is C17H20O2S. The van der Waals surface area contributed by atoms with E-state index in [1.807, 2.05) is 42.5 Å². The number of hydrogen-bond acceptors (Lipinski definition) is 3. The molecule has 0 aliphatic rings. The van der Waals surface area contributed by atoms with Crippen LogP contribution in [0.15, 0.2) is 59.5 Å². The van der Waals surface area contributed by atoms with Crippen molar-refractivity contribution in [2.75, 3.05) is 12.4 Å². The standard InChI is InChI=1S/C17H20O2S/c1-2-12-19-15-10-8-14(9-11-15)17(18)13-20-16-6-4-3-5-7-16/h3-11,17-18H,2,12-13H2,1H3. The minimum absolute atomic E-state index is 0.458. The van der Waals surface area contributed by atoms with E-state index in [-0.39, 0.29) is 0 Å². The van der Waals surface area contributed by atoms with Gasteiger partial charge in [-0.1, -0.05) is 37.3 Å². The van der Waals surface area contributed by atoms with E-state index in [0.29, 0.717) is 5.75 Å². The van der Waals surface area contributed by atoms with Crippen molar-refractivity contribution >= 4 is 11.8 Å². The Morgan fingerprint density at radius 1 is 1.05 bits per heavy atom. The number of rotatable bonds is 7. The van der Waals surface area contributed by atoms with Crippen molar-refractivity contribution in [3.05, 3.63) is 60.2 Å². The average Bonchev–Trinajstić information content (AvgIpc) is 2.52. The van der Waals surface area contributed by atoms with Gasteiger partial charge in [-0.15, -0.1) is 11.8 Å². The van der Waals surface area contributed by atoms with Gasteiger partial charge in [0.1, 0.15) is 5.75 Å². The van der Waals surface area contributed by atoms with Crippen LogP contribution in [0.25, 0.3) is 0 Å². The van der Waals surface area contributed by atoms with Crippen molar-refractivity contribution in [3.8, 4) is 5.75 Å². The van der Waals surface area contributed by atoms with Crippen LogP contribution in [0.4, 0.5) is 0 Å². The lowest BCUT2D eigenvalue weighted by Gasteiger charge is -2.12. The first-order valence-electron chi connectivity index (χ1n) is 6.88. The smallest absolute Gasteiger partial charge is 0.119 e. The van der Waals surface area contributed by atoms with Gasteiger partial charge in [0.25, 0.3) is 0 Å². The summed E-state index contributed by atoms with van der Waals surface area (Å²) >= 11 is 1.66. The van der Waals surface area contributed by atoms with E-state index in [1.54, 1.807) is 11.8 Å². The Kier molecular flexibility index (Phi) is 5.96. The zero-order valence-corrected chi connectivity index (χ0v) is 12.5. The number of aliphatic hydroxyl groups is 1. The van der Waals surface area contributed by atoms with E-state index in [0.717, 1.165) is 24.3 Å². The summed E-state index contributed by atoms with van der Waals surface area (Å²) in [5.74, 6) is 1.51. The van der Waals surface area contributed by atoms with E-state index >= 15 is 0 Å². The van der Waals surface area contributed by atoms with E-state index in [1.165, 1.54) is 4.90 Å². The molecule has 0 fully saturated rings. The molecule has 0 spiro atoms. The Balaban J connectivity index is 1.87. The van der Waals surface area contributed by atoms with E-state index in [9.17, 15) is 5.11 Å². The predicted octanol–water partition coefficient (Wildman–Crippen LogP) is 4.30. The highest BCUT2D eigenvalue weighted by Gasteiger charge is 2.08. The van der Waals surface area contributed by atoms with Crippen molar-refractivity contribution in [1.29, 1.82) is 0 Å². The topological polar surface area (TPSA) is 29.5 Å². The molecule has 106 valence electrons. The Morgan fingerprint density at radius 3 is 2.40 bits per heavy atom. The first-order chi connectivity index (χ1) is 9.79. The first-order valence-corrected chi connectivity index (χ1v) is 7.87. The first kappa shape index (κ1) is 14.9. The fraction of sp³-hybridized carbons (Fsp3) is 0.294. The molecule has 0 aliphatic heterocycles. The normalized spacial score (nSPS) is 12.1. The monoisotopic (exact) mass is 288 g/mol. The van der Waals surface area contributed by atoms with Crippen LogP contribution in [-0.2, 0) is 0 Å². The largest absolute Gasteiger partial charge is 0.494 e. The highest BCUT2D eigenvalue weighted by molar-refractivity contribution is 7.99. The summed E-state index contributed by atoms with van der Waals surface area (Å²) < 4.78 is 5.53. The maximum atomic E-state index is 10.2. The van der Waals surface area contributed by atoms with E-state index < -0.39 is 6.10 Å². The molecule has 0 radical (unpaired) electrons. The number of thioether (sulfide) groups is 1. The Morgan fingerprint density at radius 2 is 1.75 bits per heavy atom. The zero-order valence-electron chi connectivity index (χ0n) is 11.7. The molecule has 0 bridgehead atoms. The summed E-state index contributed by atoms with van der Waals surface area (Å²) in [7, 11) is 0. The lowest BCUT2D eigenvalue weighted by atomic mass is 10.1. The van der Waals surface area contributed by atoms with Crippen molar-refractivity contribution < 1.29 is 9.84 Å². The molecule has 1 N–H and O–H groups in total. The van der Waals surface area contributed by atoms with Gasteiger partial charge in [-0.3, -0.25) is 0 Å². The maximum absolute atomic E-state index is 10.2. The molecule has 2 nitrogen and oxygen atoms in total. The molecule has 0 saturated heterocycles.